The molecule has 5 nitrogen and oxygen atoms in total. The van der Waals surface area contributed by atoms with E-state index in [0.29, 0.717) is 10.7 Å². The SMILES string of the molecule is O=C(O)C[S@@](=O)CC(=O)Nc1ccccc1Cl. The predicted molar refractivity (Wildman–Crippen MR) is 65.6 cm³/mol. The third-order valence-electron chi connectivity index (χ3n) is 1.72. The summed E-state index contributed by atoms with van der Waals surface area (Å²) in [6.45, 7) is 0. The van der Waals surface area contributed by atoms with E-state index in [-0.39, 0.29) is 5.75 Å². The fraction of sp³-hybridized carbons (Fsp3) is 0.200. The molecule has 0 heterocycles. The number of nitrogens with one attached hydrogen (secondary N) is 1. The van der Waals surface area contributed by atoms with E-state index in [1.165, 1.54) is 0 Å². The van der Waals surface area contributed by atoms with Gasteiger partial charge in [0.2, 0.25) is 5.91 Å². The van der Waals surface area contributed by atoms with Crippen LogP contribution in [0.1, 0.15) is 0 Å². The minimum Gasteiger partial charge on any atom is -0.481 e. The molecule has 1 rings (SSSR count). The van der Waals surface area contributed by atoms with Crippen LogP contribution >= 0.6 is 11.6 Å². The number of amides is 1. The van der Waals surface area contributed by atoms with Gasteiger partial charge in [-0.15, -0.1) is 0 Å². The topological polar surface area (TPSA) is 83.5 Å². The van der Waals surface area contributed by atoms with E-state index < -0.39 is 28.4 Å². The number of carboxylic acid groups (broad SMARTS) is 1. The molecular weight excluding hydrogens is 266 g/mol. The zero-order valence-corrected chi connectivity index (χ0v) is 10.3. The Bertz CT molecular complexity index is 463. The van der Waals surface area contributed by atoms with Crippen LogP contribution in [0.4, 0.5) is 5.69 Å². The molecule has 0 saturated heterocycles. The fourth-order valence-corrected chi connectivity index (χ4v) is 2.01. The van der Waals surface area contributed by atoms with Gasteiger partial charge in [-0.25, -0.2) is 0 Å². The normalized spacial score (nSPS) is 11.8. The van der Waals surface area contributed by atoms with Crippen molar-refractivity contribution < 1.29 is 18.9 Å². The minimum absolute atomic E-state index is 0.364. The summed E-state index contributed by atoms with van der Waals surface area (Å²) >= 11 is 5.80. The van der Waals surface area contributed by atoms with Crippen molar-refractivity contribution in [2.45, 2.75) is 0 Å². The lowest BCUT2D eigenvalue weighted by Crippen LogP contribution is -2.23. The predicted octanol–water partition coefficient (Wildman–Crippen LogP) is 1.11. The molecule has 7 heteroatoms. The highest BCUT2D eigenvalue weighted by atomic mass is 35.5. The summed E-state index contributed by atoms with van der Waals surface area (Å²) in [7, 11) is -1.72. The second-order valence-corrected chi connectivity index (χ2v) is 5.01. The summed E-state index contributed by atoms with van der Waals surface area (Å²) in [5, 5.41) is 11.2. The Hall–Kier alpha value is -1.40. The van der Waals surface area contributed by atoms with Crippen molar-refractivity contribution in [2.75, 3.05) is 16.8 Å². The van der Waals surface area contributed by atoms with Crippen molar-refractivity contribution in [3.05, 3.63) is 29.3 Å². The molecular formula is C10H10ClNO4S. The van der Waals surface area contributed by atoms with E-state index in [1.807, 2.05) is 0 Å². The lowest BCUT2D eigenvalue weighted by atomic mass is 10.3. The molecule has 1 amide bonds. The van der Waals surface area contributed by atoms with Gasteiger partial charge in [-0.1, -0.05) is 23.7 Å². The van der Waals surface area contributed by atoms with E-state index in [1.54, 1.807) is 24.3 Å². The fourth-order valence-electron chi connectivity index (χ4n) is 1.08. The summed E-state index contributed by atoms with van der Waals surface area (Å²) in [5.74, 6) is -2.64. The van der Waals surface area contributed by atoms with E-state index in [2.05, 4.69) is 5.32 Å². The first-order valence-corrected chi connectivity index (χ1v) is 6.47. The Labute approximate surface area is 105 Å². The number of hydrogen-bond donors (Lipinski definition) is 2. The molecule has 0 aliphatic rings. The summed E-state index contributed by atoms with van der Waals surface area (Å²) in [4.78, 5) is 21.7. The maximum atomic E-state index is 11.4. The highest BCUT2D eigenvalue weighted by molar-refractivity contribution is 7.86. The number of carboxylic acids is 1. The second-order valence-electron chi connectivity index (χ2n) is 3.15. The number of benzene rings is 1. The van der Waals surface area contributed by atoms with Gasteiger partial charge in [0.15, 0.2) is 0 Å². The number of halogens is 1. The van der Waals surface area contributed by atoms with Crippen molar-refractivity contribution in [1.82, 2.24) is 0 Å². The maximum absolute atomic E-state index is 11.4. The first kappa shape index (κ1) is 13.7. The first-order chi connectivity index (χ1) is 7.99. The van der Waals surface area contributed by atoms with Gasteiger partial charge in [-0.05, 0) is 12.1 Å². The zero-order chi connectivity index (χ0) is 12.8. The number of carbonyl (C=O) groups is 2. The molecule has 0 aliphatic carbocycles. The Morgan fingerprint density at radius 1 is 1.29 bits per heavy atom. The molecule has 1 atom stereocenters. The molecule has 0 aliphatic heterocycles. The number of rotatable bonds is 5. The molecule has 0 saturated carbocycles. The Morgan fingerprint density at radius 3 is 2.53 bits per heavy atom. The van der Waals surface area contributed by atoms with E-state index in [4.69, 9.17) is 16.7 Å². The van der Waals surface area contributed by atoms with Gasteiger partial charge in [0.05, 0.1) is 10.7 Å². The number of aliphatic carboxylic acids is 1. The van der Waals surface area contributed by atoms with Gasteiger partial charge in [0, 0.05) is 10.8 Å². The molecule has 0 radical (unpaired) electrons. The lowest BCUT2D eigenvalue weighted by Gasteiger charge is -2.05. The van der Waals surface area contributed by atoms with Gasteiger partial charge >= 0.3 is 5.97 Å². The second kappa shape index (κ2) is 6.36. The molecule has 0 spiro atoms. The molecule has 0 unspecified atom stereocenters. The smallest absolute Gasteiger partial charge is 0.316 e. The Balaban J connectivity index is 2.53. The maximum Gasteiger partial charge on any atom is 0.316 e. The van der Waals surface area contributed by atoms with Crippen LogP contribution in [0.15, 0.2) is 24.3 Å². The largest absolute Gasteiger partial charge is 0.481 e. The number of carbonyl (C=O) groups excluding carboxylic acids is 1. The summed E-state index contributed by atoms with van der Waals surface area (Å²) < 4.78 is 11.2. The third kappa shape index (κ3) is 4.97. The van der Waals surface area contributed by atoms with Crippen molar-refractivity contribution in [1.29, 1.82) is 0 Å². The Morgan fingerprint density at radius 2 is 1.94 bits per heavy atom. The first-order valence-electron chi connectivity index (χ1n) is 4.60. The van der Waals surface area contributed by atoms with Crippen LogP contribution in [-0.4, -0.2) is 32.7 Å². The van der Waals surface area contributed by atoms with Crippen LogP contribution in [-0.2, 0) is 20.4 Å². The highest BCUT2D eigenvalue weighted by Gasteiger charge is 2.12. The highest BCUT2D eigenvalue weighted by Crippen LogP contribution is 2.20. The van der Waals surface area contributed by atoms with Crippen LogP contribution in [0.2, 0.25) is 5.02 Å². The molecule has 0 fully saturated rings. The van der Waals surface area contributed by atoms with Crippen molar-refractivity contribution in [3.8, 4) is 0 Å². The molecule has 17 heavy (non-hydrogen) atoms. The van der Waals surface area contributed by atoms with Gasteiger partial charge in [-0.3, -0.25) is 13.8 Å². The molecule has 1 aromatic rings. The molecule has 2 N–H and O–H groups in total. The van der Waals surface area contributed by atoms with Crippen molar-refractivity contribution >= 4 is 40.0 Å². The number of anilines is 1. The molecule has 92 valence electrons. The average Bonchev–Trinajstić information content (AvgIpc) is 2.19. The molecule has 0 aromatic heterocycles. The van der Waals surface area contributed by atoms with Crippen LogP contribution in [0.25, 0.3) is 0 Å². The zero-order valence-electron chi connectivity index (χ0n) is 8.68. The van der Waals surface area contributed by atoms with Gasteiger partial charge in [0.1, 0.15) is 11.5 Å². The van der Waals surface area contributed by atoms with Crippen molar-refractivity contribution in [3.63, 3.8) is 0 Å². The van der Waals surface area contributed by atoms with E-state index in [0.717, 1.165) is 0 Å². The Kier molecular flexibility index (Phi) is 5.11. The van der Waals surface area contributed by atoms with Crippen molar-refractivity contribution in [2.24, 2.45) is 0 Å². The standard InChI is InChI=1S/C10H10ClNO4S/c11-7-3-1-2-4-8(7)12-9(13)5-17(16)6-10(14)15/h1-4H,5-6H2,(H,12,13)(H,14,15)/t17-/m0/s1. The van der Waals surface area contributed by atoms with Crippen LogP contribution in [0.5, 0.6) is 0 Å². The van der Waals surface area contributed by atoms with Crippen LogP contribution in [0, 0.1) is 0 Å². The number of para-hydroxylation sites is 1. The number of hydrogen-bond acceptors (Lipinski definition) is 3. The van der Waals surface area contributed by atoms with Crippen LogP contribution in [0.3, 0.4) is 0 Å². The van der Waals surface area contributed by atoms with E-state index in [9.17, 15) is 13.8 Å². The summed E-state index contributed by atoms with van der Waals surface area (Å²) in [6.07, 6.45) is 0. The summed E-state index contributed by atoms with van der Waals surface area (Å²) in [5.41, 5.74) is 0.409. The lowest BCUT2D eigenvalue weighted by molar-refractivity contribution is -0.133. The molecule has 0 bridgehead atoms. The summed E-state index contributed by atoms with van der Waals surface area (Å²) in [6, 6.07) is 6.60. The minimum atomic E-state index is -1.72. The molecule has 1 aromatic carbocycles. The third-order valence-corrected chi connectivity index (χ3v) is 3.21. The quantitative estimate of drug-likeness (QED) is 0.843. The monoisotopic (exact) mass is 275 g/mol. The van der Waals surface area contributed by atoms with Gasteiger partial charge in [-0.2, -0.15) is 0 Å². The van der Waals surface area contributed by atoms with Gasteiger partial charge < -0.3 is 10.4 Å². The van der Waals surface area contributed by atoms with Crippen LogP contribution < -0.4 is 5.32 Å². The van der Waals surface area contributed by atoms with Gasteiger partial charge in [0.25, 0.3) is 0 Å². The average molecular weight is 276 g/mol. The van der Waals surface area contributed by atoms with E-state index >= 15 is 0 Å².